The first-order chi connectivity index (χ1) is 15.6. The molecule has 0 atom stereocenters. The Morgan fingerprint density at radius 1 is 0.938 bits per heavy atom. The van der Waals surface area contributed by atoms with Crippen LogP contribution in [0.4, 0.5) is 0 Å². The highest BCUT2D eigenvalue weighted by molar-refractivity contribution is 7.00. The molecule has 2 heterocycles. The fourth-order valence-corrected chi connectivity index (χ4v) is 5.05. The maximum Gasteiger partial charge on any atom is 0.336 e. The molecule has 7 nitrogen and oxygen atoms in total. The Balaban J connectivity index is 1.62. The Hall–Kier alpha value is -3.26. The van der Waals surface area contributed by atoms with Crippen LogP contribution in [-0.2, 0) is 4.79 Å². The fraction of sp³-hybridized carbons (Fsp3) is 0.333. The van der Waals surface area contributed by atoms with E-state index in [0.717, 1.165) is 37.4 Å². The summed E-state index contributed by atoms with van der Waals surface area (Å²) in [4.78, 5) is 26.2. The predicted octanol–water partition coefficient (Wildman–Crippen LogP) is 4.76. The van der Waals surface area contributed by atoms with E-state index in [2.05, 4.69) is 8.75 Å². The number of nitrogens with zero attached hydrogens (tertiary/aromatic N) is 2. The molecule has 164 valence electrons. The van der Waals surface area contributed by atoms with Gasteiger partial charge in [-0.15, -0.1) is 0 Å². The fourth-order valence-electron chi connectivity index (χ4n) is 4.53. The Labute approximate surface area is 189 Å². The second kappa shape index (κ2) is 8.70. The zero-order valence-electron chi connectivity index (χ0n) is 17.4. The van der Waals surface area contributed by atoms with Crippen LogP contribution in [0.1, 0.15) is 48.0 Å². The molecule has 2 aromatic carbocycles. The quantitative estimate of drug-likeness (QED) is 0.427. The summed E-state index contributed by atoms with van der Waals surface area (Å²) in [5.74, 6) is -0.0115. The van der Waals surface area contributed by atoms with Crippen molar-refractivity contribution in [3.05, 3.63) is 53.1 Å². The monoisotopic (exact) mass is 450 g/mol. The van der Waals surface area contributed by atoms with E-state index >= 15 is 0 Å². The molecular weight excluding hydrogens is 428 g/mol. The van der Waals surface area contributed by atoms with Crippen molar-refractivity contribution in [2.24, 2.45) is 5.92 Å². The third-order valence-electron chi connectivity index (χ3n) is 6.10. The normalized spacial score (nSPS) is 16.8. The molecule has 1 N–H and O–H groups in total. The highest BCUT2D eigenvalue weighted by Crippen LogP contribution is 2.37. The molecule has 1 saturated carbocycles. The van der Waals surface area contributed by atoms with Crippen LogP contribution < -0.4 is 9.47 Å². The van der Waals surface area contributed by atoms with Gasteiger partial charge in [0.25, 0.3) is 0 Å². The van der Waals surface area contributed by atoms with Crippen molar-refractivity contribution >= 4 is 40.1 Å². The molecule has 0 spiro atoms. The number of fused-ring (bicyclic) bond motifs is 2. The van der Waals surface area contributed by atoms with Crippen molar-refractivity contribution in [2.45, 2.75) is 32.1 Å². The molecule has 0 amide bonds. The van der Waals surface area contributed by atoms with E-state index in [-0.39, 0.29) is 11.4 Å². The van der Waals surface area contributed by atoms with Gasteiger partial charge in [0, 0.05) is 11.1 Å². The smallest absolute Gasteiger partial charge is 0.336 e. The van der Waals surface area contributed by atoms with Crippen LogP contribution in [0.25, 0.3) is 16.6 Å². The van der Waals surface area contributed by atoms with E-state index in [9.17, 15) is 14.7 Å². The molecule has 3 aromatic rings. The maximum atomic E-state index is 13.7. The lowest BCUT2D eigenvalue weighted by molar-refractivity contribution is -0.130. The van der Waals surface area contributed by atoms with Gasteiger partial charge >= 0.3 is 5.97 Å². The zero-order valence-corrected chi connectivity index (χ0v) is 18.2. The molecule has 1 aliphatic heterocycles. The van der Waals surface area contributed by atoms with E-state index in [0.29, 0.717) is 64.8 Å². The van der Waals surface area contributed by atoms with Crippen molar-refractivity contribution in [3.8, 4) is 11.5 Å². The third kappa shape index (κ3) is 3.98. The highest BCUT2D eigenvalue weighted by atomic mass is 32.1. The number of allylic oxidation sites excluding steroid dienone is 1. The van der Waals surface area contributed by atoms with Gasteiger partial charge in [-0.3, -0.25) is 4.79 Å². The number of carbonyl (C=O) groups excluding carboxylic acids is 1. The number of ketones is 1. The summed E-state index contributed by atoms with van der Waals surface area (Å²) >= 11 is 1.08. The van der Waals surface area contributed by atoms with Gasteiger partial charge in [-0.05, 0) is 48.2 Å². The minimum Gasteiger partial charge on any atom is -0.486 e. The summed E-state index contributed by atoms with van der Waals surface area (Å²) in [6, 6.07) is 10.2. The summed E-state index contributed by atoms with van der Waals surface area (Å²) in [6.07, 6.45) is 4.64. The average Bonchev–Trinajstić information content (AvgIpc) is 3.49. The van der Waals surface area contributed by atoms with Gasteiger partial charge in [0.05, 0.1) is 17.3 Å². The van der Waals surface area contributed by atoms with Gasteiger partial charge in [-0.25, -0.2) is 4.79 Å². The molecule has 0 saturated heterocycles. The summed E-state index contributed by atoms with van der Waals surface area (Å²) in [7, 11) is 0. The molecule has 1 fully saturated rings. The number of hydrogen-bond acceptors (Lipinski definition) is 7. The molecule has 1 aromatic heterocycles. The Morgan fingerprint density at radius 2 is 1.66 bits per heavy atom. The lowest BCUT2D eigenvalue weighted by Gasteiger charge is -2.20. The zero-order chi connectivity index (χ0) is 22.1. The number of hydrogen-bond donors (Lipinski definition) is 1. The van der Waals surface area contributed by atoms with Gasteiger partial charge in [0.1, 0.15) is 24.2 Å². The number of rotatable bonds is 6. The second-order valence-electron chi connectivity index (χ2n) is 8.17. The van der Waals surface area contributed by atoms with Gasteiger partial charge in [-0.1, -0.05) is 31.7 Å². The lowest BCUT2D eigenvalue weighted by atomic mass is 9.86. The first kappa shape index (κ1) is 20.6. The number of ether oxygens (including phenoxy) is 2. The predicted molar refractivity (Wildman–Crippen MR) is 120 cm³/mol. The third-order valence-corrected chi connectivity index (χ3v) is 6.66. The van der Waals surface area contributed by atoms with Crippen LogP contribution in [0.3, 0.4) is 0 Å². The number of carbonyl (C=O) groups is 2. The summed E-state index contributed by atoms with van der Waals surface area (Å²) in [5.41, 5.74) is 2.56. The Bertz CT molecular complexity index is 1230. The summed E-state index contributed by atoms with van der Waals surface area (Å²) in [6.45, 7) is 0.877. The van der Waals surface area contributed by atoms with E-state index in [4.69, 9.17) is 9.47 Å². The van der Waals surface area contributed by atoms with Crippen LogP contribution in [-0.4, -0.2) is 38.8 Å². The minimum absolute atomic E-state index is 0.0340. The van der Waals surface area contributed by atoms with Crippen LogP contribution in [0.2, 0.25) is 0 Å². The standard InChI is InChI=1S/C24H22N2O5S/c27-23(16-6-8-20-21(13-16)31-10-9-30-20)17(11-14-3-1-2-4-14)22(24(28)29)15-5-7-18-19(12-15)26-32-25-18/h5-8,12-14H,1-4,9-11H2,(H,28,29). The van der Waals surface area contributed by atoms with Crippen LogP contribution in [0.15, 0.2) is 42.0 Å². The van der Waals surface area contributed by atoms with Gasteiger partial charge in [0.2, 0.25) is 0 Å². The Kier molecular flexibility index (Phi) is 5.61. The molecule has 0 radical (unpaired) electrons. The van der Waals surface area contributed by atoms with Crippen LogP contribution >= 0.6 is 11.7 Å². The van der Waals surface area contributed by atoms with E-state index < -0.39 is 5.97 Å². The molecule has 0 unspecified atom stereocenters. The molecule has 5 rings (SSSR count). The summed E-state index contributed by atoms with van der Waals surface area (Å²) in [5, 5.41) is 10.2. The first-order valence-electron chi connectivity index (χ1n) is 10.7. The maximum absolute atomic E-state index is 13.7. The Morgan fingerprint density at radius 3 is 2.44 bits per heavy atom. The largest absolute Gasteiger partial charge is 0.486 e. The highest BCUT2D eigenvalue weighted by Gasteiger charge is 2.28. The van der Waals surface area contributed by atoms with Crippen molar-refractivity contribution < 1.29 is 24.2 Å². The van der Waals surface area contributed by atoms with E-state index in [1.165, 1.54) is 0 Å². The van der Waals surface area contributed by atoms with Crippen molar-refractivity contribution in [1.82, 2.24) is 8.75 Å². The number of carboxylic acid groups (broad SMARTS) is 1. The second-order valence-corrected chi connectivity index (χ2v) is 8.70. The summed E-state index contributed by atoms with van der Waals surface area (Å²) < 4.78 is 19.6. The molecular formula is C24H22N2O5S. The minimum atomic E-state index is -1.12. The number of benzene rings is 2. The lowest BCUT2D eigenvalue weighted by Crippen LogP contribution is -2.17. The van der Waals surface area contributed by atoms with Crippen molar-refractivity contribution in [1.29, 1.82) is 0 Å². The van der Waals surface area contributed by atoms with E-state index in [1.807, 2.05) is 0 Å². The van der Waals surface area contributed by atoms with Crippen molar-refractivity contribution in [2.75, 3.05) is 13.2 Å². The molecule has 32 heavy (non-hydrogen) atoms. The van der Waals surface area contributed by atoms with Crippen molar-refractivity contribution in [3.63, 3.8) is 0 Å². The topological polar surface area (TPSA) is 98.6 Å². The molecule has 1 aliphatic carbocycles. The molecule has 0 bridgehead atoms. The molecule has 2 aliphatic rings. The number of Topliss-reactive ketones (excluding diaryl/α,β-unsaturated/α-hetero) is 1. The first-order valence-corrected chi connectivity index (χ1v) is 11.5. The number of aromatic nitrogens is 2. The molecule has 8 heteroatoms. The van der Waals surface area contributed by atoms with Gasteiger partial charge in [0.15, 0.2) is 17.3 Å². The van der Waals surface area contributed by atoms with E-state index in [1.54, 1.807) is 36.4 Å². The van der Waals surface area contributed by atoms with Crippen LogP contribution in [0, 0.1) is 5.92 Å². The number of carboxylic acids is 1. The van der Waals surface area contributed by atoms with Gasteiger partial charge < -0.3 is 14.6 Å². The average molecular weight is 451 g/mol. The number of aliphatic carboxylic acids is 1. The van der Waals surface area contributed by atoms with Gasteiger partial charge in [-0.2, -0.15) is 8.75 Å². The van der Waals surface area contributed by atoms with Crippen LogP contribution in [0.5, 0.6) is 11.5 Å². The SMILES string of the molecule is O=C(O)C(=C(CC1CCCC1)C(=O)c1ccc2c(c1)OCCO2)c1ccc2nsnc2c1.